The molecule has 264 valence electrons. The minimum atomic E-state index is -2.36. The monoisotopic (exact) mass is 678 g/mol. The molecule has 5 atom stereocenters. The van der Waals surface area contributed by atoms with Crippen molar-refractivity contribution in [2.24, 2.45) is 0 Å². The van der Waals surface area contributed by atoms with E-state index in [1.165, 1.54) is 7.11 Å². The first-order valence-electron chi connectivity index (χ1n) is 15.8. The van der Waals surface area contributed by atoms with Gasteiger partial charge in [-0.15, -0.1) is 23.7 Å². The quantitative estimate of drug-likeness (QED) is 0.130. The van der Waals surface area contributed by atoms with Gasteiger partial charge in [-0.3, -0.25) is 19.2 Å². The summed E-state index contributed by atoms with van der Waals surface area (Å²) in [6.45, 7) is 18.5. The second-order valence-corrected chi connectivity index (χ2v) is 18.5. The molecule has 0 saturated carbocycles. The number of methoxy groups -OCH3 is 1. The molecule has 14 heteroatoms. The summed E-state index contributed by atoms with van der Waals surface area (Å²) < 4.78 is 22.8. The molecule has 0 aromatic heterocycles. The van der Waals surface area contributed by atoms with E-state index in [2.05, 4.69) is 83.6 Å². The van der Waals surface area contributed by atoms with Gasteiger partial charge in [0, 0.05) is 19.4 Å². The minimum absolute atomic E-state index is 0.00188. The number of amides is 4. The number of hydrogen-bond acceptors (Lipinski definition) is 9. The second-order valence-electron chi connectivity index (χ2n) is 13.7. The molecule has 13 nitrogen and oxygen atoms in total. The van der Waals surface area contributed by atoms with Crippen LogP contribution in [0.2, 0.25) is 18.1 Å². The number of alkyl carbamates (subject to hydrolysis) is 1. The average molecular weight is 679 g/mol. The number of rotatable bonds is 13. The first-order chi connectivity index (χ1) is 21.7. The van der Waals surface area contributed by atoms with Gasteiger partial charge in [0.1, 0.15) is 24.2 Å². The first kappa shape index (κ1) is 41.4. The van der Waals surface area contributed by atoms with E-state index in [0.717, 1.165) is 0 Å². The smallest absolute Gasteiger partial charge is 0.408 e. The van der Waals surface area contributed by atoms with Crippen molar-refractivity contribution in [1.82, 2.24) is 21.3 Å². The van der Waals surface area contributed by atoms with Crippen molar-refractivity contribution in [3.05, 3.63) is 0 Å². The minimum Gasteiger partial charge on any atom is -0.468 e. The van der Waals surface area contributed by atoms with E-state index in [4.69, 9.17) is 13.9 Å². The zero-order chi connectivity index (χ0) is 36.0. The van der Waals surface area contributed by atoms with Crippen molar-refractivity contribution >= 4 is 38.1 Å². The Bertz CT molecular complexity index is 1230. The van der Waals surface area contributed by atoms with Crippen LogP contribution >= 0.6 is 0 Å². The van der Waals surface area contributed by atoms with E-state index in [0.29, 0.717) is 12.8 Å². The van der Waals surface area contributed by atoms with Crippen molar-refractivity contribution in [2.75, 3.05) is 20.2 Å². The molecule has 1 fully saturated rings. The Labute approximate surface area is 280 Å². The van der Waals surface area contributed by atoms with Crippen LogP contribution < -0.4 is 21.3 Å². The summed E-state index contributed by atoms with van der Waals surface area (Å²) >= 11 is 0. The summed E-state index contributed by atoms with van der Waals surface area (Å²) in [5.74, 6) is 8.74. The van der Waals surface area contributed by atoms with Crippen molar-refractivity contribution < 1.29 is 42.6 Å². The van der Waals surface area contributed by atoms with Gasteiger partial charge < -0.3 is 39.9 Å². The molecule has 47 heavy (non-hydrogen) atoms. The van der Waals surface area contributed by atoms with E-state index < -0.39 is 74.1 Å². The van der Waals surface area contributed by atoms with Gasteiger partial charge in [0.05, 0.1) is 19.3 Å². The maximum absolute atomic E-state index is 13.8. The molecule has 1 saturated heterocycles. The summed E-state index contributed by atoms with van der Waals surface area (Å²) in [6, 6.07) is -2.05. The van der Waals surface area contributed by atoms with Crippen LogP contribution in [0.25, 0.3) is 0 Å². The molecule has 4 amide bonds. The molecule has 0 aliphatic carbocycles. The normalized spacial score (nSPS) is 19.3. The lowest BCUT2D eigenvalue weighted by atomic mass is 9.99. The number of carbonyl (C=O) groups is 5. The largest absolute Gasteiger partial charge is 0.468 e. The van der Waals surface area contributed by atoms with Gasteiger partial charge in [0.15, 0.2) is 14.4 Å². The molecule has 1 aliphatic rings. The van der Waals surface area contributed by atoms with Gasteiger partial charge in [-0.25, -0.2) is 4.79 Å². The molecular formula is C33H54N4O9Si. The lowest BCUT2D eigenvalue weighted by Crippen LogP contribution is -2.59. The first-order valence-corrected chi connectivity index (χ1v) is 18.7. The van der Waals surface area contributed by atoms with Crippen molar-refractivity contribution in [3.63, 3.8) is 0 Å². The van der Waals surface area contributed by atoms with Gasteiger partial charge in [0.2, 0.25) is 11.8 Å². The predicted molar refractivity (Wildman–Crippen MR) is 179 cm³/mol. The number of hydrogen-bond donors (Lipinski definition) is 4. The van der Waals surface area contributed by atoms with E-state index >= 15 is 0 Å². The van der Waals surface area contributed by atoms with Crippen LogP contribution in [-0.2, 0) is 37.8 Å². The van der Waals surface area contributed by atoms with Gasteiger partial charge in [-0.05, 0) is 65.6 Å². The number of nitrogens with one attached hydrogen (secondary N) is 4. The molecule has 1 heterocycles. The third-order valence-corrected chi connectivity index (χ3v) is 12.2. The fraction of sp³-hybridized carbons (Fsp3) is 0.727. The van der Waals surface area contributed by atoms with E-state index in [-0.39, 0.29) is 31.0 Å². The molecular weight excluding hydrogens is 624 g/mol. The van der Waals surface area contributed by atoms with Crippen LogP contribution in [0, 0.1) is 23.7 Å². The second kappa shape index (κ2) is 18.7. The number of esters is 1. The van der Waals surface area contributed by atoms with Crippen molar-refractivity contribution in [3.8, 4) is 23.7 Å². The number of ether oxygens (including phenoxy) is 3. The molecule has 0 aromatic rings. The maximum atomic E-state index is 13.8. The summed E-state index contributed by atoms with van der Waals surface area (Å²) in [4.78, 5) is 63.8. The fourth-order valence-corrected chi connectivity index (χ4v) is 5.50. The van der Waals surface area contributed by atoms with Crippen LogP contribution in [0.3, 0.4) is 0 Å². The highest BCUT2D eigenvalue weighted by molar-refractivity contribution is 6.74. The summed E-state index contributed by atoms with van der Waals surface area (Å²) in [7, 11) is -1.16. The van der Waals surface area contributed by atoms with Crippen molar-refractivity contribution in [2.45, 2.75) is 135 Å². The van der Waals surface area contributed by atoms with Crippen molar-refractivity contribution in [1.29, 1.82) is 0 Å². The highest BCUT2D eigenvalue weighted by Crippen LogP contribution is 2.39. The zero-order valence-electron chi connectivity index (χ0n) is 29.8. The van der Waals surface area contributed by atoms with E-state index in [1.807, 2.05) is 0 Å². The Morgan fingerprint density at radius 3 is 1.94 bits per heavy atom. The Kier molecular flexibility index (Phi) is 16.5. The van der Waals surface area contributed by atoms with Gasteiger partial charge >= 0.3 is 12.1 Å². The molecule has 1 aliphatic heterocycles. The Hall–Kier alpha value is -3.59. The molecule has 0 bridgehead atoms. The lowest BCUT2D eigenvalue weighted by Gasteiger charge is -2.44. The third kappa shape index (κ3) is 14.8. The topological polar surface area (TPSA) is 170 Å². The van der Waals surface area contributed by atoms with Gasteiger partial charge in [-0.1, -0.05) is 20.8 Å². The molecule has 0 radical (unpaired) electrons. The third-order valence-electron chi connectivity index (χ3n) is 7.71. The highest BCUT2D eigenvalue weighted by atomic mass is 28.4. The molecule has 1 rings (SSSR count). The summed E-state index contributed by atoms with van der Waals surface area (Å²) in [5.41, 5.74) is -0.750. The molecule has 0 aromatic carbocycles. The number of carbonyl (C=O) groups excluding carboxylic acids is 5. The lowest BCUT2D eigenvalue weighted by molar-refractivity contribution is -0.157. The highest BCUT2D eigenvalue weighted by Gasteiger charge is 2.45. The van der Waals surface area contributed by atoms with Crippen LogP contribution in [-0.4, -0.2) is 94.3 Å². The standard InChI is InChI=1S/C33H54N4O9Si/c1-12-14-16-23(28(39)35-21-26(38)43-9)36-30(41)27-25(46-47(10,11)33(6,7)8)19-18-22(44-27)20-34-29(40)24(17-15-13-2)37-31(42)45-32(3,4)5/h22-25,27H,16-21H2,1-11H3,(H,34,40)(H,35,39)(H,36,41)(H,37,42)/t22-,23+,24+,25+,27+/m1/s1. The van der Waals surface area contributed by atoms with E-state index in [9.17, 15) is 24.0 Å². The van der Waals surface area contributed by atoms with Crippen LogP contribution in [0.5, 0.6) is 0 Å². The summed E-state index contributed by atoms with van der Waals surface area (Å²) in [6.07, 6.45) is -2.03. The van der Waals surface area contributed by atoms with Crippen LogP contribution in [0.1, 0.15) is 81.1 Å². The average Bonchev–Trinajstić information content (AvgIpc) is 2.97. The Morgan fingerprint density at radius 2 is 1.43 bits per heavy atom. The van der Waals surface area contributed by atoms with Crippen LogP contribution in [0.15, 0.2) is 0 Å². The fourth-order valence-electron chi connectivity index (χ4n) is 4.14. The molecule has 0 unspecified atom stereocenters. The summed E-state index contributed by atoms with van der Waals surface area (Å²) in [5, 5.41) is 10.4. The Balaban J connectivity index is 3.17. The maximum Gasteiger partial charge on any atom is 0.408 e. The predicted octanol–water partition coefficient (Wildman–Crippen LogP) is 2.53. The Morgan fingerprint density at radius 1 is 0.872 bits per heavy atom. The molecule has 4 N–H and O–H groups in total. The van der Waals surface area contributed by atoms with Gasteiger partial charge in [0.25, 0.3) is 5.91 Å². The van der Waals surface area contributed by atoms with E-state index in [1.54, 1.807) is 34.6 Å². The van der Waals surface area contributed by atoms with Gasteiger partial charge in [-0.2, -0.15) is 0 Å². The molecule has 0 spiro atoms. The zero-order valence-corrected chi connectivity index (χ0v) is 30.8. The SMILES string of the molecule is CC#CC[C@H](NC(=O)OC(C)(C)C)C(=O)NC[C@H]1CC[C@H](O[Si](C)(C)C(C)(C)C)[C@@H](C(=O)N[C@@H](CC#CC)C(=O)NCC(=O)OC)O1. The van der Waals surface area contributed by atoms with Crippen LogP contribution in [0.4, 0.5) is 4.79 Å².